The van der Waals surface area contributed by atoms with Crippen LogP contribution in [0.5, 0.6) is 0 Å². The zero-order chi connectivity index (χ0) is 15.5. The topological polar surface area (TPSA) is 33.1 Å². The van der Waals surface area contributed by atoms with Crippen molar-refractivity contribution >= 4 is 5.82 Å². The molecule has 116 valence electrons. The van der Waals surface area contributed by atoms with Crippen LogP contribution in [0.25, 0.3) is 0 Å². The van der Waals surface area contributed by atoms with E-state index in [4.69, 9.17) is 0 Å². The molecule has 0 unspecified atom stereocenters. The molecule has 1 aromatic rings. The van der Waals surface area contributed by atoms with Gasteiger partial charge in [-0.05, 0) is 27.3 Å². The summed E-state index contributed by atoms with van der Waals surface area (Å²) in [5.41, 5.74) is 1.59. The summed E-state index contributed by atoms with van der Waals surface area (Å²) in [6.45, 7) is 7.60. The van der Waals surface area contributed by atoms with Crippen molar-refractivity contribution in [3.8, 4) is 0 Å². The molecular weight excluding hydrogens is 269 g/mol. The van der Waals surface area contributed by atoms with Crippen LogP contribution in [0.15, 0.2) is 0 Å². The van der Waals surface area contributed by atoms with Crippen molar-refractivity contribution in [2.75, 3.05) is 18.0 Å². The Morgan fingerprint density at radius 1 is 1.35 bits per heavy atom. The number of rotatable bonds is 6. The molecule has 1 heterocycles. The molecule has 0 fully saturated rings. The molecule has 4 nitrogen and oxygen atoms in total. The summed E-state index contributed by atoms with van der Waals surface area (Å²) in [5.74, 6) is 0.538. The minimum Gasteiger partial charge on any atom is -0.345 e. The molecule has 0 aliphatic rings. The van der Waals surface area contributed by atoms with Gasteiger partial charge in [0.1, 0.15) is 12.4 Å². The number of aryl methyl sites for hydroxylation is 2. The van der Waals surface area contributed by atoms with Gasteiger partial charge in [0, 0.05) is 25.2 Å². The van der Waals surface area contributed by atoms with Crippen LogP contribution in [0, 0.1) is 6.92 Å². The quantitative estimate of drug-likeness (QED) is 0.875. The lowest BCUT2D eigenvalue weighted by Gasteiger charge is -2.30. The van der Waals surface area contributed by atoms with Gasteiger partial charge in [-0.1, -0.05) is 6.92 Å². The predicted octanol–water partition coefficient (Wildman–Crippen LogP) is 2.62. The van der Waals surface area contributed by atoms with Crippen molar-refractivity contribution in [2.24, 2.45) is 7.05 Å². The van der Waals surface area contributed by atoms with Crippen LogP contribution in [-0.2, 0) is 13.6 Å². The molecule has 1 N–H and O–H groups in total. The Labute approximate surface area is 117 Å². The lowest BCUT2D eigenvalue weighted by molar-refractivity contribution is -0.120. The number of aromatic nitrogens is 2. The van der Waals surface area contributed by atoms with Crippen molar-refractivity contribution < 1.29 is 13.2 Å². The SMILES string of the molecule is CCNCc1c(C)nn(C)c1N(CC(F)(F)F)C(C)C. The Balaban J connectivity index is 3.18. The van der Waals surface area contributed by atoms with E-state index in [0.717, 1.165) is 17.8 Å². The highest BCUT2D eigenvalue weighted by Crippen LogP contribution is 2.28. The van der Waals surface area contributed by atoms with E-state index in [1.807, 2.05) is 13.8 Å². The molecule has 20 heavy (non-hydrogen) atoms. The largest absolute Gasteiger partial charge is 0.405 e. The van der Waals surface area contributed by atoms with Crippen molar-refractivity contribution in [1.29, 1.82) is 0 Å². The standard InChI is InChI=1S/C13H23F3N4/c1-6-17-7-11-10(4)18-19(5)12(11)20(9(2)3)8-13(14,15)16/h9,17H,6-8H2,1-5H3. The van der Waals surface area contributed by atoms with E-state index in [1.54, 1.807) is 20.9 Å². The Morgan fingerprint density at radius 3 is 2.40 bits per heavy atom. The fourth-order valence-corrected chi connectivity index (χ4v) is 2.20. The third kappa shape index (κ3) is 4.13. The summed E-state index contributed by atoms with van der Waals surface area (Å²) in [4.78, 5) is 1.35. The lowest BCUT2D eigenvalue weighted by Crippen LogP contribution is -2.41. The van der Waals surface area contributed by atoms with Crippen LogP contribution < -0.4 is 10.2 Å². The van der Waals surface area contributed by atoms with Crippen molar-refractivity contribution in [1.82, 2.24) is 15.1 Å². The van der Waals surface area contributed by atoms with Crippen LogP contribution in [-0.4, -0.2) is 35.1 Å². The van der Waals surface area contributed by atoms with E-state index in [0.29, 0.717) is 12.4 Å². The van der Waals surface area contributed by atoms with Crippen LogP contribution in [0.2, 0.25) is 0 Å². The predicted molar refractivity (Wildman–Crippen MR) is 73.9 cm³/mol. The number of hydrogen-bond donors (Lipinski definition) is 1. The van der Waals surface area contributed by atoms with E-state index in [9.17, 15) is 13.2 Å². The Kier molecular flexibility index (Phi) is 5.44. The van der Waals surface area contributed by atoms with Crippen molar-refractivity contribution in [3.63, 3.8) is 0 Å². The minimum absolute atomic E-state index is 0.258. The van der Waals surface area contributed by atoms with Crippen LogP contribution in [0.4, 0.5) is 19.0 Å². The number of hydrogen-bond acceptors (Lipinski definition) is 3. The normalized spacial score (nSPS) is 12.2. The summed E-state index contributed by atoms with van der Waals surface area (Å²) >= 11 is 0. The van der Waals surface area contributed by atoms with Gasteiger partial charge < -0.3 is 10.2 Å². The summed E-state index contributed by atoms with van der Waals surface area (Å²) in [6, 6.07) is -0.258. The summed E-state index contributed by atoms with van der Waals surface area (Å²) < 4.78 is 39.9. The molecule has 1 aromatic heterocycles. The van der Waals surface area contributed by atoms with Crippen molar-refractivity contribution in [2.45, 2.75) is 46.5 Å². The molecule has 1 rings (SSSR count). The second kappa shape index (κ2) is 6.47. The molecule has 0 aliphatic carbocycles. The average Bonchev–Trinajstić information content (AvgIpc) is 2.56. The van der Waals surface area contributed by atoms with Crippen LogP contribution in [0.3, 0.4) is 0 Å². The van der Waals surface area contributed by atoms with Crippen LogP contribution in [0.1, 0.15) is 32.0 Å². The second-order valence-corrected chi connectivity index (χ2v) is 5.13. The van der Waals surface area contributed by atoms with Gasteiger partial charge in [0.25, 0.3) is 0 Å². The Morgan fingerprint density at radius 2 is 1.95 bits per heavy atom. The van der Waals surface area contributed by atoms with Gasteiger partial charge in [-0.3, -0.25) is 4.68 Å². The second-order valence-electron chi connectivity index (χ2n) is 5.13. The van der Waals surface area contributed by atoms with Gasteiger partial charge >= 0.3 is 6.18 Å². The van der Waals surface area contributed by atoms with Gasteiger partial charge in [-0.25, -0.2) is 0 Å². The summed E-state index contributed by atoms with van der Waals surface area (Å²) in [6.07, 6.45) is -4.24. The lowest BCUT2D eigenvalue weighted by atomic mass is 10.2. The van der Waals surface area contributed by atoms with E-state index < -0.39 is 12.7 Å². The molecule has 0 aliphatic heterocycles. The van der Waals surface area contributed by atoms with Crippen molar-refractivity contribution in [3.05, 3.63) is 11.3 Å². The zero-order valence-electron chi connectivity index (χ0n) is 12.7. The average molecular weight is 292 g/mol. The molecule has 0 spiro atoms. The number of nitrogens with one attached hydrogen (secondary N) is 1. The maximum Gasteiger partial charge on any atom is 0.405 e. The van der Waals surface area contributed by atoms with Gasteiger partial charge in [-0.15, -0.1) is 0 Å². The highest BCUT2D eigenvalue weighted by atomic mass is 19.4. The minimum atomic E-state index is -4.24. The maximum atomic E-state index is 12.8. The van der Waals surface area contributed by atoms with Crippen LogP contribution >= 0.6 is 0 Å². The highest BCUT2D eigenvalue weighted by Gasteiger charge is 2.34. The molecule has 0 bridgehead atoms. The molecule has 0 radical (unpaired) electrons. The smallest absolute Gasteiger partial charge is 0.345 e. The fourth-order valence-electron chi connectivity index (χ4n) is 2.20. The number of nitrogens with zero attached hydrogens (tertiary/aromatic N) is 3. The van der Waals surface area contributed by atoms with E-state index >= 15 is 0 Å². The van der Waals surface area contributed by atoms with Gasteiger partial charge in [0.15, 0.2) is 0 Å². The number of alkyl halides is 3. The number of halogens is 3. The first-order valence-electron chi connectivity index (χ1n) is 6.74. The molecular formula is C13H23F3N4. The first kappa shape index (κ1) is 16.8. The molecule has 0 atom stereocenters. The third-order valence-electron chi connectivity index (χ3n) is 3.11. The highest BCUT2D eigenvalue weighted by molar-refractivity contribution is 5.51. The third-order valence-corrected chi connectivity index (χ3v) is 3.11. The molecule has 0 saturated carbocycles. The molecule has 0 amide bonds. The van der Waals surface area contributed by atoms with E-state index in [-0.39, 0.29) is 6.04 Å². The summed E-state index contributed by atoms with van der Waals surface area (Å²) in [5, 5.41) is 7.42. The van der Waals surface area contributed by atoms with E-state index in [1.165, 1.54) is 9.58 Å². The van der Waals surface area contributed by atoms with Gasteiger partial charge in [0.05, 0.1) is 5.69 Å². The molecule has 7 heteroatoms. The maximum absolute atomic E-state index is 12.8. The Bertz CT molecular complexity index is 438. The molecule has 0 aromatic carbocycles. The Hall–Kier alpha value is -1.24. The first-order chi connectivity index (χ1) is 9.17. The first-order valence-corrected chi connectivity index (χ1v) is 6.74. The van der Waals surface area contributed by atoms with E-state index in [2.05, 4.69) is 10.4 Å². The monoisotopic (exact) mass is 292 g/mol. The van der Waals surface area contributed by atoms with Gasteiger partial charge in [-0.2, -0.15) is 18.3 Å². The number of anilines is 1. The summed E-state index contributed by atoms with van der Waals surface area (Å²) in [7, 11) is 1.68. The van der Waals surface area contributed by atoms with Gasteiger partial charge in [0.2, 0.25) is 0 Å². The zero-order valence-corrected chi connectivity index (χ0v) is 12.7. The fraction of sp³-hybridized carbons (Fsp3) is 0.769. The molecule has 0 saturated heterocycles.